The number of carbonyl (C=O) groups is 2. The highest BCUT2D eigenvalue weighted by Gasteiger charge is 2.22. The lowest BCUT2D eigenvalue weighted by Crippen LogP contribution is -2.29. The van der Waals surface area contributed by atoms with Crippen molar-refractivity contribution in [2.45, 2.75) is 27.7 Å². The Balaban J connectivity index is 0.000000189. The maximum atomic E-state index is 13.4. The standard InChI is InChI=1S/C24H22N4O4.C24H21N3O4/c1-14-8-6-9-15(2)20(14)28-22(30)16-10-4-5-11-17(16)25-23(28)27-24(31)26-18-12-7-13-19(32-3)21(18)29;1-14-8-6-9-15(2)20(14)27-23(30)16-10-4-5-12-18(16)25-24(27)26-22(29)17-11-7-13-19(31-3)21(17)28/h4-13,29H,1-3H3,(H2,25,26,27,31);4-13,28H,1-3H3,(H,25,26,29). The van der Waals surface area contributed by atoms with E-state index < -0.39 is 11.9 Å². The van der Waals surface area contributed by atoms with E-state index in [1.807, 2.05) is 64.1 Å². The molecule has 0 atom stereocenters. The Labute approximate surface area is 360 Å². The molecule has 0 bridgehead atoms. The van der Waals surface area contributed by atoms with Gasteiger partial charge in [0.05, 0.1) is 58.7 Å². The summed E-state index contributed by atoms with van der Waals surface area (Å²) in [5.74, 6) is -0.587. The minimum atomic E-state index is -0.671. The van der Waals surface area contributed by atoms with Crippen LogP contribution in [0.15, 0.2) is 131 Å². The smallest absolute Gasteiger partial charge is 0.326 e. The van der Waals surface area contributed by atoms with Gasteiger partial charge in [0.1, 0.15) is 0 Å². The fraction of sp³-hybridized carbons (Fsp3) is 0.125. The molecule has 0 saturated heterocycles. The molecule has 15 heteroatoms. The number of nitrogens with one attached hydrogen (secondary N) is 3. The molecule has 8 rings (SSSR count). The molecule has 2 heterocycles. The number of benzene rings is 6. The number of hydrogen-bond donors (Lipinski definition) is 5. The van der Waals surface area contributed by atoms with E-state index in [9.17, 15) is 29.4 Å². The zero-order valence-electron chi connectivity index (χ0n) is 35.2. The van der Waals surface area contributed by atoms with Crippen molar-refractivity contribution < 1.29 is 29.3 Å². The van der Waals surface area contributed by atoms with Gasteiger partial charge >= 0.3 is 6.03 Å². The third kappa shape index (κ3) is 8.48. The highest BCUT2D eigenvalue weighted by atomic mass is 16.5. The third-order valence-electron chi connectivity index (χ3n) is 10.3. The first-order valence-electron chi connectivity index (χ1n) is 19.6. The minimum absolute atomic E-state index is 0.00909. The number of ether oxygens (including phenoxy) is 2. The van der Waals surface area contributed by atoms with E-state index in [1.54, 1.807) is 72.8 Å². The van der Waals surface area contributed by atoms with Crippen molar-refractivity contribution in [2.75, 3.05) is 30.2 Å². The largest absolute Gasteiger partial charge is 0.504 e. The maximum Gasteiger partial charge on any atom is 0.326 e. The molecule has 0 aliphatic carbocycles. The first kappa shape index (κ1) is 42.7. The topological polar surface area (TPSA) is 199 Å². The van der Waals surface area contributed by atoms with Crippen molar-refractivity contribution in [1.29, 1.82) is 0 Å². The SMILES string of the molecule is COc1cccc(C(=O)Nc2nc3ccccc3c(=O)n2-c2c(C)cccc2C)c1O.COc1cccc(NC(=O)Nc2nc3ccccc3c(=O)n2-c2c(C)cccc2C)c1O. The van der Waals surface area contributed by atoms with Gasteiger partial charge in [-0.1, -0.05) is 72.8 Å². The summed E-state index contributed by atoms with van der Waals surface area (Å²) in [6.07, 6.45) is 0. The molecule has 0 radical (unpaired) electrons. The van der Waals surface area contributed by atoms with Crippen LogP contribution >= 0.6 is 0 Å². The highest BCUT2D eigenvalue weighted by Crippen LogP contribution is 2.34. The summed E-state index contributed by atoms with van der Waals surface area (Å²) in [5.41, 5.74) is 5.22. The number of aryl methyl sites for hydroxylation is 4. The second kappa shape index (κ2) is 18.0. The predicted octanol–water partition coefficient (Wildman–Crippen LogP) is 8.33. The Bertz CT molecular complexity index is 3160. The van der Waals surface area contributed by atoms with Gasteiger partial charge in [0.25, 0.3) is 17.0 Å². The first-order chi connectivity index (χ1) is 30.3. The molecular weight excluding hydrogens is 803 g/mol. The molecule has 0 saturated carbocycles. The summed E-state index contributed by atoms with van der Waals surface area (Å²) in [4.78, 5) is 61.8. The van der Waals surface area contributed by atoms with Crippen molar-refractivity contribution in [3.05, 3.63) is 170 Å². The van der Waals surface area contributed by atoms with E-state index in [-0.39, 0.29) is 57.3 Å². The molecule has 5 N–H and O–H groups in total. The quantitative estimate of drug-likeness (QED) is 0.0927. The Morgan fingerprint density at radius 3 is 1.44 bits per heavy atom. The van der Waals surface area contributed by atoms with Gasteiger partial charge in [0.15, 0.2) is 23.0 Å². The molecule has 0 spiro atoms. The summed E-state index contributed by atoms with van der Waals surface area (Å²) >= 11 is 0. The van der Waals surface area contributed by atoms with Gasteiger partial charge in [-0.25, -0.2) is 23.9 Å². The highest BCUT2D eigenvalue weighted by molar-refractivity contribution is 6.06. The van der Waals surface area contributed by atoms with Crippen LogP contribution in [0.4, 0.5) is 22.4 Å². The van der Waals surface area contributed by atoms with Gasteiger partial charge in [-0.15, -0.1) is 0 Å². The number of phenols is 2. The number of aromatic nitrogens is 4. The van der Waals surface area contributed by atoms with Crippen LogP contribution in [0.2, 0.25) is 0 Å². The van der Waals surface area contributed by atoms with Crippen molar-refractivity contribution in [2.24, 2.45) is 0 Å². The van der Waals surface area contributed by atoms with Crippen LogP contribution in [0, 0.1) is 27.7 Å². The second-order valence-electron chi connectivity index (χ2n) is 14.4. The Hall–Kier alpha value is -8.46. The lowest BCUT2D eigenvalue weighted by molar-refractivity contribution is 0.102. The molecule has 0 aliphatic heterocycles. The van der Waals surface area contributed by atoms with Gasteiger partial charge < -0.3 is 25.0 Å². The van der Waals surface area contributed by atoms with Crippen LogP contribution in [0.25, 0.3) is 33.2 Å². The Morgan fingerprint density at radius 2 is 0.952 bits per heavy atom. The number of hydrogen-bond acceptors (Lipinski definition) is 10. The zero-order chi connectivity index (χ0) is 44.9. The van der Waals surface area contributed by atoms with Crippen molar-refractivity contribution in [1.82, 2.24) is 19.1 Å². The summed E-state index contributed by atoms with van der Waals surface area (Å²) in [6.45, 7) is 7.57. The van der Waals surface area contributed by atoms with E-state index in [0.717, 1.165) is 22.3 Å². The first-order valence-corrected chi connectivity index (χ1v) is 19.6. The van der Waals surface area contributed by atoms with Crippen molar-refractivity contribution in [3.8, 4) is 34.4 Å². The number of carbonyl (C=O) groups excluding carboxylic acids is 2. The number of aromatic hydroxyl groups is 2. The van der Waals surface area contributed by atoms with Gasteiger partial charge in [-0.05, 0) is 98.5 Å². The summed E-state index contributed by atoms with van der Waals surface area (Å²) < 4.78 is 13.0. The summed E-state index contributed by atoms with van der Waals surface area (Å²) in [7, 11) is 2.82. The lowest BCUT2D eigenvalue weighted by atomic mass is 10.1. The molecule has 0 unspecified atom stereocenters. The molecule has 0 fully saturated rings. The van der Waals surface area contributed by atoms with Crippen LogP contribution < -0.4 is 36.5 Å². The van der Waals surface area contributed by atoms with Gasteiger partial charge in [-0.2, -0.15) is 0 Å². The molecule has 6 aromatic carbocycles. The second-order valence-corrected chi connectivity index (χ2v) is 14.4. The number of urea groups is 1. The van der Waals surface area contributed by atoms with Crippen molar-refractivity contribution in [3.63, 3.8) is 0 Å². The molecular formula is C48H43N7O8. The number of anilines is 3. The van der Waals surface area contributed by atoms with E-state index in [4.69, 9.17) is 9.47 Å². The van der Waals surface area contributed by atoms with Crippen LogP contribution in [0.3, 0.4) is 0 Å². The molecule has 63 heavy (non-hydrogen) atoms. The lowest BCUT2D eigenvalue weighted by Gasteiger charge is -2.18. The molecule has 318 valence electrons. The van der Waals surface area contributed by atoms with Crippen LogP contribution in [-0.2, 0) is 0 Å². The fourth-order valence-corrected chi connectivity index (χ4v) is 7.25. The average molecular weight is 846 g/mol. The normalized spacial score (nSPS) is 10.8. The van der Waals surface area contributed by atoms with Gasteiger partial charge in [0.2, 0.25) is 11.9 Å². The zero-order valence-corrected chi connectivity index (χ0v) is 35.2. The Morgan fingerprint density at radius 1 is 0.524 bits per heavy atom. The van der Waals surface area contributed by atoms with Crippen LogP contribution in [0.1, 0.15) is 32.6 Å². The summed E-state index contributed by atoms with van der Waals surface area (Å²) in [5, 5.41) is 29.4. The fourth-order valence-electron chi connectivity index (χ4n) is 7.25. The number of fused-ring (bicyclic) bond motifs is 2. The number of nitrogens with zero attached hydrogens (tertiary/aromatic N) is 4. The molecule has 2 aromatic heterocycles. The van der Waals surface area contributed by atoms with Crippen molar-refractivity contribution >= 4 is 51.3 Å². The van der Waals surface area contributed by atoms with E-state index in [0.29, 0.717) is 33.2 Å². The minimum Gasteiger partial charge on any atom is -0.504 e. The number of para-hydroxylation sites is 6. The van der Waals surface area contributed by atoms with E-state index >= 15 is 0 Å². The summed E-state index contributed by atoms with van der Waals surface area (Å²) in [6, 6.07) is 34.0. The Kier molecular flexibility index (Phi) is 12.2. The molecule has 3 amide bonds. The number of phenolic OH excluding ortho intramolecular Hbond substituents is 2. The monoisotopic (exact) mass is 845 g/mol. The maximum absolute atomic E-state index is 13.4. The number of methoxy groups -OCH3 is 2. The predicted molar refractivity (Wildman–Crippen MR) is 244 cm³/mol. The van der Waals surface area contributed by atoms with Crippen LogP contribution in [-0.4, -0.2) is 55.5 Å². The van der Waals surface area contributed by atoms with Gasteiger partial charge in [-0.3, -0.25) is 25.0 Å². The molecule has 0 aliphatic rings. The third-order valence-corrected chi connectivity index (χ3v) is 10.3. The van der Waals surface area contributed by atoms with Gasteiger partial charge in [0, 0.05) is 0 Å². The van der Waals surface area contributed by atoms with E-state index in [2.05, 4.69) is 25.9 Å². The van der Waals surface area contributed by atoms with E-state index in [1.165, 1.54) is 35.5 Å². The molecule has 8 aromatic rings. The average Bonchev–Trinajstić information content (AvgIpc) is 3.26. The van der Waals surface area contributed by atoms with Crippen LogP contribution in [0.5, 0.6) is 23.0 Å². The number of amides is 3. The molecule has 15 nitrogen and oxygen atoms in total. The number of rotatable bonds is 8.